The number of rotatable bonds is 9. The van der Waals surface area contributed by atoms with Crippen molar-refractivity contribution in [2.45, 2.75) is 77.2 Å². The SMILES string of the molecule is CCCc1cccc2c(C3N(CCOCCOC)CC4C5=C6C7C8=C(C5)CC5CC9CC%10CC%11CC%12CC%13CC43C3C6C4C7C6C(C85)C9C5C%10C%11C7C%12C(C4C7C56)C%133)cccc12. The number of hydrogen-bond donors (Lipinski definition) is 0. The minimum atomic E-state index is 0.365. The standard InChI is InChI=1S/C59H69NO2/c1-3-6-24-7-4-9-33-32(24)8-5-10-34(33)58-59-22-31-20-29-18-26-15-25-16-28-17-27-19-30-21-35(36(59)23-60(58)11-12-62-14-13-61-2)44-49-40(30)39(27)46-41(28)45-37(25)38(26)47-42(29)48-43(31)57(59)56(44)55-53(48)51(47)50(45)52(46)54(49)55/h4-5,7-10,25-29,31,36-39,41-43,45-58H,3,6,11-23H2,1-2H3. The van der Waals surface area contributed by atoms with Gasteiger partial charge < -0.3 is 9.47 Å². The Labute approximate surface area is 370 Å². The molecule has 19 rings (SSSR count). The van der Waals surface area contributed by atoms with Gasteiger partial charge in [-0.05, 0) is 222 Å². The highest BCUT2D eigenvalue weighted by Crippen LogP contribution is 2.93. The Morgan fingerprint density at radius 2 is 1.29 bits per heavy atom. The van der Waals surface area contributed by atoms with Gasteiger partial charge in [-0.3, -0.25) is 4.90 Å². The molecule has 28 unspecified atom stereocenters. The van der Waals surface area contributed by atoms with Crippen LogP contribution < -0.4 is 0 Å². The largest absolute Gasteiger partial charge is 0.382 e. The highest BCUT2D eigenvalue weighted by molar-refractivity contribution is 5.89. The molecule has 1 saturated heterocycles. The van der Waals surface area contributed by atoms with Crippen molar-refractivity contribution in [1.29, 1.82) is 0 Å². The van der Waals surface area contributed by atoms with E-state index in [1.807, 2.05) is 7.11 Å². The van der Waals surface area contributed by atoms with E-state index in [9.17, 15) is 0 Å². The summed E-state index contributed by atoms with van der Waals surface area (Å²) in [5.74, 6) is 27.6. The molecule has 1 heterocycles. The molecular weight excluding hydrogens is 755 g/mol. The Kier molecular flexibility index (Phi) is 6.05. The lowest BCUT2D eigenvalue weighted by molar-refractivity contribution is -0.149. The third kappa shape index (κ3) is 3.31. The van der Waals surface area contributed by atoms with Crippen LogP contribution in [0, 0.1) is 159 Å². The van der Waals surface area contributed by atoms with Crippen LogP contribution in [0.3, 0.4) is 0 Å². The molecule has 3 nitrogen and oxygen atoms in total. The van der Waals surface area contributed by atoms with E-state index < -0.39 is 0 Å². The average Bonchev–Trinajstić information content (AvgIpc) is 4.14. The summed E-state index contributed by atoms with van der Waals surface area (Å²) in [7, 11) is 1.83. The molecule has 28 atom stereocenters. The topological polar surface area (TPSA) is 21.7 Å². The number of nitrogens with zero attached hydrogens (tertiary/aromatic N) is 1. The van der Waals surface area contributed by atoms with Gasteiger partial charge in [0.25, 0.3) is 0 Å². The second-order valence-corrected chi connectivity index (χ2v) is 26.9. The number of allylic oxidation sites excluding steroid dienone is 3. The highest BCUT2D eigenvalue weighted by Gasteiger charge is 2.88. The van der Waals surface area contributed by atoms with Gasteiger partial charge in [0.15, 0.2) is 0 Å². The quantitative estimate of drug-likeness (QED) is 0.186. The summed E-state index contributed by atoms with van der Waals surface area (Å²) in [4.78, 5) is 3.14. The maximum Gasteiger partial charge on any atom is 0.0700 e. The average molecular weight is 824 g/mol. The molecule has 17 aliphatic rings. The number of benzene rings is 2. The van der Waals surface area contributed by atoms with Crippen molar-refractivity contribution < 1.29 is 9.47 Å². The third-order valence-electron chi connectivity index (χ3n) is 26.8. The fourth-order valence-electron chi connectivity index (χ4n) is 27.7. The summed E-state index contributed by atoms with van der Waals surface area (Å²) < 4.78 is 12.0. The molecule has 13 saturated carbocycles. The van der Waals surface area contributed by atoms with Gasteiger partial charge in [-0.1, -0.05) is 72.0 Å². The van der Waals surface area contributed by atoms with Crippen molar-refractivity contribution in [3.8, 4) is 0 Å². The van der Waals surface area contributed by atoms with Gasteiger partial charge in [0.05, 0.1) is 19.8 Å². The molecule has 322 valence electrons. The Balaban J connectivity index is 0.882. The lowest BCUT2D eigenvalue weighted by Crippen LogP contribution is -2.59. The molecule has 1 aliphatic heterocycles. The first-order chi connectivity index (χ1) is 30.7. The lowest BCUT2D eigenvalue weighted by Gasteiger charge is -2.62. The summed E-state index contributed by atoms with van der Waals surface area (Å²) >= 11 is 0. The minimum absolute atomic E-state index is 0.365. The molecule has 16 aliphatic carbocycles. The Morgan fingerprint density at radius 3 is 2.10 bits per heavy atom. The molecule has 0 radical (unpaired) electrons. The number of methoxy groups -OCH3 is 1. The summed E-state index contributed by atoms with van der Waals surface area (Å²) in [6, 6.07) is 15.7. The van der Waals surface area contributed by atoms with E-state index >= 15 is 0 Å². The molecule has 0 N–H and O–H groups in total. The minimum Gasteiger partial charge on any atom is -0.382 e. The third-order valence-corrected chi connectivity index (χ3v) is 26.8. The van der Waals surface area contributed by atoms with Gasteiger partial charge in [0, 0.05) is 43.5 Å². The summed E-state index contributed by atoms with van der Waals surface area (Å²) in [6.07, 6.45) is 15.2. The Hall–Kier alpha value is -1.94. The van der Waals surface area contributed by atoms with Crippen LogP contribution in [0.2, 0.25) is 0 Å². The van der Waals surface area contributed by atoms with E-state index in [2.05, 4.69) is 70.5 Å². The number of likely N-dealkylation sites (tertiary alicyclic amines) is 1. The second-order valence-electron chi connectivity index (χ2n) is 26.9. The first-order valence-electron chi connectivity index (χ1n) is 27.4. The molecule has 2 aromatic carbocycles. The van der Waals surface area contributed by atoms with Crippen LogP contribution in [0.5, 0.6) is 0 Å². The van der Waals surface area contributed by atoms with Gasteiger partial charge in [-0.25, -0.2) is 0 Å². The van der Waals surface area contributed by atoms with Crippen LogP contribution in [-0.2, 0) is 15.9 Å². The van der Waals surface area contributed by atoms with Crippen LogP contribution >= 0.6 is 0 Å². The van der Waals surface area contributed by atoms with Crippen molar-refractivity contribution in [1.82, 2.24) is 4.90 Å². The van der Waals surface area contributed by atoms with Crippen LogP contribution in [-0.4, -0.2) is 44.9 Å². The normalized spacial score (nSPS) is 60.4. The first kappa shape index (κ1) is 34.4. The van der Waals surface area contributed by atoms with Gasteiger partial charge in [0.2, 0.25) is 0 Å². The van der Waals surface area contributed by atoms with Gasteiger partial charge in [0.1, 0.15) is 0 Å². The van der Waals surface area contributed by atoms with E-state index in [-0.39, 0.29) is 0 Å². The van der Waals surface area contributed by atoms with Gasteiger partial charge in [-0.2, -0.15) is 0 Å². The Bertz CT molecular complexity index is 2500. The summed E-state index contributed by atoms with van der Waals surface area (Å²) in [5, 5.41) is 3.17. The number of fused-ring (bicyclic) bond motifs is 2. The maximum absolute atomic E-state index is 6.50. The van der Waals surface area contributed by atoms with E-state index in [0.29, 0.717) is 18.1 Å². The monoisotopic (exact) mass is 824 g/mol. The second kappa shape index (κ2) is 10.9. The van der Waals surface area contributed by atoms with E-state index in [1.165, 1.54) is 38.1 Å². The Morgan fingerprint density at radius 1 is 0.629 bits per heavy atom. The zero-order valence-corrected chi connectivity index (χ0v) is 37.4. The van der Waals surface area contributed by atoms with Crippen molar-refractivity contribution in [3.05, 3.63) is 69.8 Å². The maximum atomic E-state index is 6.50. The molecule has 0 amide bonds. The predicted molar refractivity (Wildman–Crippen MR) is 239 cm³/mol. The number of hydrogen-bond acceptors (Lipinski definition) is 3. The fraction of sp³-hybridized carbons (Fsp3) is 0.763. The van der Waals surface area contributed by atoms with E-state index in [1.54, 1.807) is 60.4 Å². The van der Waals surface area contributed by atoms with Crippen LogP contribution in [0.4, 0.5) is 0 Å². The zero-order chi connectivity index (χ0) is 39.5. The molecular formula is C59H69NO2. The molecule has 0 aromatic heterocycles. The number of aryl methyl sites for hydroxylation is 1. The summed E-state index contributed by atoms with van der Waals surface area (Å²) in [5.41, 5.74) is 12.4. The van der Waals surface area contributed by atoms with Crippen molar-refractivity contribution >= 4 is 10.8 Å². The molecule has 2 aromatic rings. The zero-order valence-electron chi connectivity index (χ0n) is 37.4. The predicted octanol–water partition coefficient (Wildman–Crippen LogP) is 10.8. The molecule has 62 heavy (non-hydrogen) atoms. The van der Waals surface area contributed by atoms with Crippen molar-refractivity contribution in [2.75, 3.05) is 40.0 Å². The molecule has 3 heteroatoms. The first-order valence-corrected chi connectivity index (χ1v) is 27.4. The smallest absolute Gasteiger partial charge is 0.0700 e. The fourth-order valence-corrected chi connectivity index (χ4v) is 27.7. The van der Waals surface area contributed by atoms with Crippen molar-refractivity contribution in [3.63, 3.8) is 0 Å². The van der Waals surface area contributed by atoms with Gasteiger partial charge in [-0.15, -0.1) is 0 Å². The lowest BCUT2D eigenvalue weighted by atomic mass is 9.41. The van der Waals surface area contributed by atoms with Crippen LogP contribution in [0.15, 0.2) is 58.7 Å². The number of ether oxygens (including phenoxy) is 2. The molecule has 1 spiro atoms. The summed E-state index contributed by atoms with van der Waals surface area (Å²) in [6.45, 7) is 7.01. The van der Waals surface area contributed by atoms with Crippen molar-refractivity contribution in [2.24, 2.45) is 159 Å². The van der Waals surface area contributed by atoms with E-state index in [0.717, 1.165) is 168 Å². The van der Waals surface area contributed by atoms with Crippen LogP contribution in [0.25, 0.3) is 10.8 Å². The van der Waals surface area contributed by atoms with Gasteiger partial charge >= 0.3 is 0 Å². The van der Waals surface area contributed by atoms with Crippen LogP contribution in [0.1, 0.15) is 81.9 Å². The highest BCUT2D eigenvalue weighted by atomic mass is 16.5. The van der Waals surface area contributed by atoms with E-state index in [4.69, 9.17) is 9.47 Å². The molecule has 0 bridgehead atoms. The molecule has 14 fully saturated rings.